The molecule has 4 rings (SSSR count). The zero-order valence-electron chi connectivity index (χ0n) is 15.5. The second kappa shape index (κ2) is 10.0. The molecule has 0 amide bonds. The van der Waals surface area contributed by atoms with Gasteiger partial charge < -0.3 is 20.3 Å². The van der Waals surface area contributed by atoms with E-state index in [9.17, 15) is 0 Å². The van der Waals surface area contributed by atoms with Crippen LogP contribution < -0.4 is 15.5 Å². The van der Waals surface area contributed by atoms with Crippen LogP contribution >= 0.6 is 11.6 Å². The van der Waals surface area contributed by atoms with Gasteiger partial charge in [-0.3, -0.25) is 0 Å². The van der Waals surface area contributed by atoms with Gasteiger partial charge in [-0.05, 0) is 49.9 Å². The highest BCUT2D eigenvalue weighted by molar-refractivity contribution is 6.31. The van der Waals surface area contributed by atoms with Gasteiger partial charge in [-0.2, -0.15) is 0 Å². The lowest BCUT2D eigenvalue weighted by molar-refractivity contribution is 0.104. The molecule has 0 bridgehead atoms. The number of rotatable bonds is 6. The second-order valence-corrected chi connectivity index (χ2v) is 7.48. The number of aromatic nitrogens is 2. The summed E-state index contributed by atoms with van der Waals surface area (Å²) >= 11 is 6.29. The van der Waals surface area contributed by atoms with Crippen LogP contribution in [0, 0.1) is 0 Å². The molecule has 1 unspecified atom stereocenters. The van der Waals surface area contributed by atoms with Gasteiger partial charge in [-0.25, -0.2) is 9.97 Å². The van der Waals surface area contributed by atoms with Crippen LogP contribution in [0.15, 0.2) is 30.5 Å². The normalized spacial score (nSPS) is 19.3. The minimum Gasteiger partial charge on any atom is -0.378 e. The number of halogens is 1. The van der Waals surface area contributed by atoms with Gasteiger partial charge in [0.15, 0.2) is 0 Å². The van der Waals surface area contributed by atoms with Crippen LogP contribution in [-0.4, -0.2) is 48.9 Å². The Morgan fingerprint density at radius 2 is 2.00 bits per heavy atom. The molecule has 2 saturated heterocycles. The largest absolute Gasteiger partial charge is 0.378 e. The quantitative estimate of drug-likeness (QED) is 0.759. The number of nitrogens with zero attached hydrogens (tertiary/aromatic N) is 3. The average Bonchev–Trinajstić information content (AvgIpc) is 3.23. The third kappa shape index (κ3) is 5.34. The van der Waals surface area contributed by atoms with Crippen molar-refractivity contribution in [3.8, 4) is 0 Å². The zero-order chi connectivity index (χ0) is 18.5. The lowest BCUT2D eigenvalue weighted by Gasteiger charge is -2.29. The van der Waals surface area contributed by atoms with Crippen molar-refractivity contribution in [2.45, 2.75) is 39.2 Å². The summed E-state index contributed by atoms with van der Waals surface area (Å²) in [7, 11) is 0. The Balaban J connectivity index is 0.00000225. The lowest BCUT2D eigenvalue weighted by Crippen LogP contribution is -2.43. The van der Waals surface area contributed by atoms with Crippen molar-refractivity contribution in [1.82, 2.24) is 15.3 Å². The molecule has 7 heteroatoms. The van der Waals surface area contributed by atoms with Gasteiger partial charge in [0, 0.05) is 44.2 Å². The molecule has 0 spiro atoms. The van der Waals surface area contributed by atoms with Gasteiger partial charge in [0.05, 0.1) is 23.0 Å². The molecule has 152 valence electrons. The maximum absolute atomic E-state index is 6.29. The highest BCUT2D eigenvalue weighted by Gasteiger charge is 2.17. The van der Waals surface area contributed by atoms with E-state index in [-0.39, 0.29) is 7.43 Å². The molecule has 1 atom stereocenters. The first-order valence-corrected chi connectivity index (χ1v) is 10.1. The Morgan fingerprint density at radius 1 is 1.21 bits per heavy atom. The molecular weight excluding hydrogens is 374 g/mol. The van der Waals surface area contributed by atoms with Crippen molar-refractivity contribution in [3.63, 3.8) is 0 Å². The predicted octanol–water partition coefficient (Wildman–Crippen LogP) is 4.03. The van der Waals surface area contributed by atoms with Gasteiger partial charge >= 0.3 is 0 Å². The standard InChI is InChI=1S/C20H26ClN5O.CH4/c21-18-14-23-20(25-19(18)8-7-17-2-1-13-27-17)24-15-3-5-16(6-4-15)26-11-9-22-10-12-26;/h3-6,14,17,22H,1-2,7-13H2,(H,23,24,25);1H4. The van der Waals surface area contributed by atoms with Crippen LogP contribution in [0.5, 0.6) is 0 Å². The monoisotopic (exact) mass is 403 g/mol. The summed E-state index contributed by atoms with van der Waals surface area (Å²) in [6.45, 7) is 5.03. The van der Waals surface area contributed by atoms with Crippen molar-refractivity contribution in [3.05, 3.63) is 41.2 Å². The Hall–Kier alpha value is -1.89. The third-order valence-corrected chi connectivity index (χ3v) is 5.47. The van der Waals surface area contributed by atoms with Crippen LogP contribution in [0.2, 0.25) is 5.02 Å². The van der Waals surface area contributed by atoms with E-state index in [0.717, 1.165) is 69.9 Å². The fourth-order valence-corrected chi connectivity index (χ4v) is 3.80. The maximum atomic E-state index is 6.29. The summed E-state index contributed by atoms with van der Waals surface area (Å²) in [5.41, 5.74) is 3.10. The molecule has 2 aromatic rings. The minimum absolute atomic E-state index is 0. The highest BCUT2D eigenvalue weighted by atomic mass is 35.5. The molecule has 1 aromatic heterocycles. The Morgan fingerprint density at radius 3 is 2.71 bits per heavy atom. The summed E-state index contributed by atoms with van der Waals surface area (Å²) in [6.07, 6.45) is 6.06. The van der Waals surface area contributed by atoms with Crippen molar-refractivity contribution in [2.75, 3.05) is 43.0 Å². The third-order valence-electron chi connectivity index (χ3n) is 5.15. The molecule has 0 aliphatic carbocycles. The molecule has 2 N–H and O–H groups in total. The summed E-state index contributed by atoms with van der Waals surface area (Å²) in [4.78, 5) is 11.3. The number of benzene rings is 1. The molecule has 2 aliphatic heterocycles. The van der Waals surface area contributed by atoms with Crippen LogP contribution in [0.1, 0.15) is 32.4 Å². The Labute approximate surface area is 172 Å². The molecule has 3 heterocycles. The van der Waals surface area contributed by atoms with Gasteiger partial charge in [-0.15, -0.1) is 0 Å². The van der Waals surface area contributed by atoms with Gasteiger partial charge in [0.2, 0.25) is 5.95 Å². The second-order valence-electron chi connectivity index (χ2n) is 7.07. The molecule has 2 fully saturated rings. The van der Waals surface area contributed by atoms with Crippen LogP contribution in [-0.2, 0) is 11.2 Å². The average molecular weight is 404 g/mol. The number of nitrogens with one attached hydrogen (secondary N) is 2. The molecule has 1 aromatic carbocycles. The first-order valence-electron chi connectivity index (χ1n) is 9.74. The predicted molar refractivity (Wildman–Crippen MR) is 116 cm³/mol. The number of aryl methyl sites for hydroxylation is 1. The number of hydrogen-bond donors (Lipinski definition) is 2. The smallest absolute Gasteiger partial charge is 0.227 e. The van der Waals surface area contributed by atoms with E-state index in [1.54, 1.807) is 6.20 Å². The van der Waals surface area contributed by atoms with Crippen molar-refractivity contribution in [2.24, 2.45) is 0 Å². The number of ether oxygens (including phenoxy) is 1. The summed E-state index contributed by atoms with van der Waals surface area (Å²) in [5.74, 6) is 0.580. The minimum atomic E-state index is 0. The van der Waals surface area contributed by atoms with E-state index < -0.39 is 0 Å². The molecule has 28 heavy (non-hydrogen) atoms. The summed E-state index contributed by atoms with van der Waals surface area (Å²) in [6, 6.07) is 8.42. The van der Waals surface area contributed by atoms with Crippen molar-refractivity contribution in [1.29, 1.82) is 0 Å². The lowest BCUT2D eigenvalue weighted by atomic mass is 10.1. The first-order chi connectivity index (χ1) is 13.3. The zero-order valence-corrected chi connectivity index (χ0v) is 16.2. The molecular formula is C21H30ClN5O. The fraction of sp³-hybridized carbons (Fsp3) is 0.524. The Bertz CT molecular complexity index is 743. The van der Waals surface area contributed by atoms with Gasteiger partial charge in [-0.1, -0.05) is 19.0 Å². The van der Waals surface area contributed by atoms with E-state index >= 15 is 0 Å². The number of piperazine rings is 1. The van der Waals surface area contributed by atoms with Crippen molar-refractivity contribution < 1.29 is 4.74 Å². The van der Waals surface area contributed by atoms with Gasteiger partial charge in [0.1, 0.15) is 0 Å². The van der Waals surface area contributed by atoms with E-state index in [0.29, 0.717) is 17.1 Å². The molecule has 0 radical (unpaired) electrons. The number of anilines is 3. The SMILES string of the molecule is C.Clc1cnc(Nc2ccc(N3CCNCC3)cc2)nc1CCC1CCCO1. The van der Waals surface area contributed by atoms with Crippen LogP contribution in [0.25, 0.3) is 0 Å². The molecule has 0 saturated carbocycles. The maximum Gasteiger partial charge on any atom is 0.227 e. The van der Waals surface area contributed by atoms with E-state index in [4.69, 9.17) is 16.3 Å². The van der Waals surface area contributed by atoms with Gasteiger partial charge in [0.25, 0.3) is 0 Å². The van der Waals surface area contributed by atoms with Crippen LogP contribution in [0.3, 0.4) is 0 Å². The molecule has 2 aliphatic rings. The highest BCUT2D eigenvalue weighted by Crippen LogP contribution is 2.23. The Kier molecular flexibility index (Phi) is 7.48. The topological polar surface area (TPSA) is 62.3 Å². The summed E-state index contributed by atoms with van der Waals surface area (Å²) in [5, 5.41) is 7.28. The van der Waals surface area contributed by atoms with E-state index in [2.05, 4.69) is 49.8 Å². The van der Waals surface area contributed by atoms with Crippen molar-refractivity contribution >= 4 is 28.9 Å². The molecule has 6 nitrogen and oxygen atoms in total. The first kappa shape index (κ1) is 20.8. The van der Waals surface area contributed by atoms with Crippen LogP contribution in [0.4, 0.5) is 17.3 Å². The van der Waals surface area contributed by atoms with E-state index in [1.807, 2.05) is 0 Å². The fourth-order valence-electron chi connectivity index (χ4n) is 3.62. The summed E-state index contributed by atoms with van der Waals surface area (Å²) < 4.78 is 5.69. The number of hydrogen-bond acceptors (Lipinski definition) is 6. The van der Waals surface area contributed by atoms with E-state index in [1.165, 1.54) is 5.69 Å².